The molecule has 3 N–H and O–H groups in total. The van der Waals surface area contributed by atoms with Crippen molar-refractivity contribution in [2.24, 2.45) is 5.14 Å². The Bertz CT molecular complexity index is 1360. The minimum Gasteiger partial charge on any atom is -0.497 e. The number of benzene rings is 3. The number of methoxy groups -OCH3 is 1. The Morgan fingerprint density at radius 2 is 1.63 bits per heavy atom. The second kappa shape index (κ2) is 7.91. The first kappa shape index (κ1) is 20.1. The number of anilines is 2. The van der Waals surface area contributed by atoms with Gasteiger partial charge in [0.1, 0.15) is 11.4 Å². The van der Waals surface area contributed by atoms with Crippen molar-refractivity contribution < 1.29 is 13.2 Å². The normalized spacial score (nSPS) is 11.4. The Labute approximate surface area is 178 Å². The van der Waals surface area contributed by atoms with Gasteiger partial charge < -0.3 is 10.1 Å². The molecule has 152 valence electrons. The van der Waals surface area contributed by atoms with Crippen molar-refractivity contribution in [2.75, 3.05) is 12.4 Å². The summed E-state index contributed by atoms with van der Waals surface area (Å²) in [5, 5.41) is 9.04. The molecule has 1 heterocycles. The van der Waals surface area contributed by atoms with E-state index < -0.39 is 10.0 Å². The SMILES string of the molecule is COc1ccc(Cl)c(Nc2nc3ccccc3nc2-c2ccccc2S(N)(=O)=O)c1. The summed E-state index contributed by atoms with van der Waals surface area (Å²) in [4.78, 5) is 9.28. The lowest BCUT2D eigenvalue weighted by Gasteiger charge is -2.15. The fourth-order valence-electron chi connectivity index (χ4n) is 3.04. The van der Waals surface area contributed by atoms with Gasteiger partial charge in [-0.05, 0) is 30.3 Å². The molecular formula is C21H17ClN4O3S. The monoisotopic (exact) mass is 440 g/mol. The van der Waals surface area contributed by atoms with Crippen LogP contribution < -0.4 is 15.2 Å². The van der Waals surface area contributed by atoms with Crippen molar-refractivity contribution in [3.63, 3.8) is 0 Å². The fraction of sp³-hybridized carbons (Fsp3) is 0.0476. The number of primary sulfonamides is 1. The van der Waals surface area contributed by atoms with Crippen LogP contribution in [0, 0.1) is 0 Å². The van der Waals surface area contributed by atoms with Gasteiger partial charge in [-0.2, -0.15) is 0 Å². The number of nitrogens with one attached hydrogen (secondary N) is 1. The van der Waals surface area contributed by atoms with Gasteiger partial charge in [-0.25, -0.2) is 23.5 Å². The summed E-state index contributed by atoms with van der Waals surface area (Å²) in [5.41, 5.74) is 2.45. The van der Waals surface area contributed by atoms with Gasteiger partial charge in [0, 0.05) is 11.6 Å². The van der Waals surface area contributed by atoms with Crippen molar-refractivity contribution in [2.45, 2.75) is 4.90 Å². The maximum Gasteiger partial charge on any atom is 0.238 e. The van der Waals surface area contributed by atoms with Crippen LogP contribution in [0.5, 0.6) is 5.75 Å². The van der Waals surface area contributed by atoms with Crippen LogP contribution in [0.25, 0.3) is 22.3 Å². The lowest BCUT2D eigenvalue weighted by Crippen LogP contribution is -2.14. The van der Waals surface area contributed by atoms with Crippen LogP contribution in [0.1, 0.15) is 0 Å². The molecule has 0 saturated carbocycles. The van der Waals surface area contributed by atoms with Gasteiger partial charge in [0.05, 0.1) is 33.7 Å². The molecule has 7 nitrogen and oxygen atoms in total. The molecule has 9 heteroatoms. The maximum absolute atomic E-state index is 12.2. The Morgan fingerprint density at radius 3 is 2.33 bits per heavy atom. The lowest BCUT2D eigenvalue weighted by atomic mass is 10.1. The van der Waals surface area contributed by atoms with Gasteiger partial charge in [0.2, 0.25) is 10.0 Å². The van der Waals surface area contributed by atoms with E-state index in [1.807, 2.05) is 18.2 Å². The summed E-state index contributed by atoms with van der Waals surface area (Å²) in [5.74, 6) is 0.932. The predicted octanol–water partition coefficient (Wildman–Crippen LogP) is 4.35. The molecule has 0 saturated heterocycles. The summed E-state index contributed by atoms with van der Waals surface area (Å²) in [7, 11) is -2.43. The number of hydrogen-bond acceptors (Lipinski definition) is 6. The van der Waals surface area contributed by atoms with Crippen molar-refractivity contribution in [3.8, 4) is 17.0 Å². The molecule has 0 aliphatic rings. The average molecular weight is 441 g/mol. The molecular weight excluding hydrogens is 424 g/mol. The zero-order valence-corrected chi connectivity index (χ0v) is 17.4. The van der Waals surface area contributed by atoms with E-state index in [0.717, 1.165) is 0 Å². The lowest BCUT2D eigenvalue weighted by molar-refractivity contribution is 0.415. The number of hydrogen-bond donors (Lipinski definition) is 2. The number of ether oxygens (including phenoxy) is 1. The van der Waals surface area contributed by atoms with E-state index in [2.05, 4.69) is 15.3 Å². The number of fused-ring (bicyclic) bond motifs is 1. The molecule has 0 fully saturated rings. The zero-order valence-electron chi connectivity index (χ0n) is 15.8. The molecule has 0 spiro atoms. The third-order valence-corrected chi connectivity index (χ3v) is 5.74. The van der Waals surface area contributed by atoms with E-state index >= 15 is 0 Å². The van der Waals surface area contributed by atoms with Gasteiger partial charge in [0.15, 0.2) is 5.82 Å². The van der Waals surface area contributed by atoms with Crippen LogP contribution in [-0.4, -0.2) is 25.5 Å². The number of aromatic nitrogens is 2. The van der Waals surface area contributed by atoms with Crippen LogP contribution in [0.2, 0.25) is 5.02 Å². The first-order valence-corrected chi connectivity index (χ1v) is 10.8. The molecule has 0 atom stereocenters. The minimum atomic E-state index is -3.98. The predicted molar refractivity (Wildman–Crippen MR) is 118 cm³/mol. The molecule has 4 aromatic rings. The van der Waals surface area contributed by atoms with E-state index in [4.69, 9.17) is 21.5 Å². The first-order valence-electron chi connectivity index (χ1n) is 8.86. The standard InChI is InChI=1S/C21H17ClN4O3S/c1-29-13-10-11-15(22)18(12-13)26-21-20(24-16-7-3-4-8-17(16)25-21)14-6-2-5-9-19(14)30(23,27)28/h2-12H,1H3,(H,25,26)(H2,23,27,28). The summed E-state index contributed by atoms with van der Waals surface area (Å²) < 4.78 is 29.6. The van der Waals surface area contributed by atoms with Gasteiger partial charge in [-0.15, -0.1) is 0 Å². The fourth-order valence-corrected chi connectivity index (χ4v) is 3.94. The molecule has 30 heavy (non-hydrogen) atoms. The van der Waals surface area contributed by atoms with E-state index in [1.165, 1.54) is 6.07 Å². The summed E-state index contributed by atoms with van der Waals surface area (Å²) in [6.07, 6.45) is 0. The van der Waals surface area contributed by atoms with Gasteiger partial charge in [-0.1, -0.05) is 41.9 Å². The maximum atomic E-state index is 12.2. The highest BCUT2D eigenvalue weighted by molar-refractivity contribution is 7.89. The summed E-state index contributed by atoms with van der Waals surface area (Å²) in [6, 6.07) is 18.8. The molecule has 4 rings (SSSR count). The molecule has 1 aromatic heterocycles. The highest BCUT2D eigenvalue weighted by atomic mass is 35.5. The highest BCUT2D eigenvalue weighted by Gasteiger charge is 2.20. The van der Waals surface area contributed by atoms with Crippen molar-refractivity contribution in [1.82, 2.24) is 9.97 Å². The number of rotatable bonds is 5. The van der Waals surface area contributed by atoms with Crippen LogP contribution in [0.3, 0.4) is 0 Å². The number of sulfonamides is 1. The first-order chi connectivity index (χ1) is 14.4. The van der Waals surface area contributed by atoms with Crippen LogP contribution >= 0.6 is 11.6 Å². The van der Waals surface area contributed by atoms with Gasteiger partial charge >= 0.3 is 0 Å². The topological polar surface area (TPSA) is 107 Å². The number of nitrogens with two attached hydrogens (primary N) is 1. The van der Waals surface area contributed by atoms with E-state index in [1.54, 1.807) is 49.6 Å². The molecule has 0 amide bonds. The number of halogens is 1. The third kappa shape index (κ3) is 3.93. The van der Waals surface area contributed by atoms with E-state index in [0.29, 0.717) is 44.6 Å². The Balaban J connectivity index is 1.97. The second-order valence-corrected chi connectivity index (χ2v) is 8.36. The zero-order chi connectivity index (χ0) is 21.3. The largest absolute Gasteiger partial charge is 0.497 e. The van der Waals surface area contributed by atoms with Crippen molar-refractivity contribution in [3.05, 3.63) is 71.8 Å². The molecule has 3 aromatic carbocycles. The smallest absolute Gasteiger partial charge is 0.238 e. The molecule has 0 unspecified atom stereocenters. The molecule has 0 bridgehead atoms. The van der Waals surface area contributed by atoms with Crippen LogP contribution in [0.15, 0.2) is 71.6 Å². The third-order valence-electron chi connectivity index (χ3n) is 4.45. The molecule has 0 radical (unpaired) electrons. The highest BCUT2D eigenvalue weighted by Crippen LogP contribution is 2.35. The average Bonchev–Trinajstić information content (AvgIpc) is 2.74. The molecule has 0 aliphatic heterocycles. The summed E-state index contributed by atoms with van der Waals surface area (Å²) >= 11 is 6.34. The minimum absolute atomic E-state index is 0.0469. The van der Waals surface area contributed by atoms with Gasteiger partial charge in [0.25, 0.3) is 0 Å². The van der Waals surface area contributed by atoms with E-state index in [-0.39, 0.29) is 4.90 Å². The summed E-state index contributed by atoms with van der Waals surface area (Å²) in [6.45, 7) is 0. The molecule has 0 aliphatic carbocycles. The quantitative estimate of drug-likeness (QED) is 0.477. The number of para-hydroxylation sites is 2. The van der Waals surface area contributed by atoms with Crippen molar-refractivity contribution in [1.29, 1.82) is 0 Å². The second-order valence-electron chi connectivity index (χ2n) is 6.42. The number of nitrogens with zero attached hydrogens (tertiary/aromatic N) is 2. The van der Waals surface area contributed by atoms with Gasteiger partial charge in [-0.3, -0.25) is 0 Å². The van der Waals surface area contributed by atoms with Crippen LogP contribution in [-0.2, 0) is 10.0 Å². The van der Waals surface area contributed by atoms with Crippen LogP contribution in [0.4, 0.5) is 11.5 Å². The van der Waals surface area contributed by atoms with Crippen molar-refractivity contribution >= 4 is 44.2 Å². The van der Waals surface area contributed by atoms with E-state index in [9.17, 15) is 8.42 Å². The Morgan fingerprint density at radius 1 is 0.967 bits per heavy atom. The Kier molecular flexibility index (Phi) is 5.29. The Hall–Kier alpha value is -3.20.